The predicted octanol–water partition coefficient (Wildman–Crippen LogP) is 3.62. The molecule has 0 bridgehead atoms. The van der Waals surface area contributed by atoms with Crippen molar-refractivity contribution in [3.63, 3.8) is 0 Å². The molecular formula is C21H22N4O3S2. The molecule has 9 heteroatoms. The van der Waals surface area contributed by atoms with Gasteiger partial charge in [-0.15, -0.1) is 11.3 Å². The van der Waals surface area contributed by atoms with Gasteiger partial charge in [-0.05, 0) is 29.9 Å². The predicted molar refractivity (Wildman–Crippen MR) is 119 cm³/mol. The Hall–Kier alpha value is -2.62. The topological polar surface area (TPSA) is 99.2 Å². The number of hydrogen-bond acceptors (Lipinski definition) is 6. The summed E-state index contributed by atoms with van der Waals surface area (Å²) in [5.74, 6) is -0.593. The van der Waals surface area contributed by atoms with Gasteiger partial charge in [0, 0.05) is 6.61 Å². The maximum Gasteiger partial charge on any atom is 0.251 e. The lowest BCUT2D eigenvalue weighted by Crippen LogP contribution is -2.19. The lowest BCUT2D eigenvalue weighted by atomic mass is 10.1. The molecule has 7 nitrogen and oxygen atoms in total. The number of amides is 2. The number of nitrogens with one attached hydrogen (secondary N) is 1. The van der Waals surface area contributed by atoms with Crippen molar-refractivity contribution < 1.29 is 14.3 Å². The van der Waals surface area contributed by atoms with E-state index >= 15 is 0 Å². The molecule has 0 unspecified atom stereocenters. The molecule has 3 heterocycles. The van der Waals surface area contributed by atoms with Crippen molar-refractivity contribution in [3.8, 4) is 11.3 Å². The van der Waals surface area contributed by atoms with Gasteiger partial charge in [0.25, 0.3) is 5.91 Å². The number of primary amides is 1. The second-order valence-corrected chi connectivity index (χ2v) is 8.76. The largest absolute Gasteiger partial charge is 0.376 e. The molecule has 2 aromatic heterocycles. The number of benzene rings is 1. The van der Waals surface area contributed by atoms with Crippen LogP contribution in [0.4, 0.5) is 5.00 Å². The average Bonchev–Trinajstić information content (AvgIpc) is 3.49. The summed E-state index contributed by atoms with van der Waals surface area (Å²) >= 11 is 2.64. The van der Waals surface area contributed by atoms with Crippen molar-refractivity contribution >= 4 is 39.9 Å². The molecule has 4 rings (SSSR count). The molecule has 1 saturated heterocycles. The first kappa shape index (κ1) is 20.6. The number of carbonyl (C=O) groups is 2. The van der Waals surface area contributed by atoms with Gasteiger partial charge < -0.3 is 20.4 Å². The molecule has 156 valence electrons. The van der Waals surface area contributed by atoms with E-state index in [9.17, 15) is 9.59 Å². The van der Waals surface area contributed by atoms with Gasteiger partial charge in [0.2, 0.25) is 5.91 Å². The number of thioether (sulfide) groups is 1. The third-order valence-electron chi connectivity index (χ3n) is 4.81. The molecule has 0 spiro atoms. The summed E-state index contributed by atoms with van der Waals surface area (Å²) in [4.78, 5) is 28.5. The zero-order chi connectivity index (χ0) is 20.9. The third kappa shape index (κ3) is 4.75. The highest BCUT2D eigenvalue weighted by Crippen LogP contribution is 2.29. The van der Waals surface area contributed by atoms with E-state index in [1.54, 1.807) is 11.4 Å². The monoisotopic (exact) mass is 442 g/mol. The highest BCUT2D eigenvalue weighted by molar-refractivity contribution is 7.99. The van der Waals surface area contributed by atoms with Crippen molar-refractivity contribution in [1.29, 1.82) is 0 Å². The van der Waals surface area contributed by atoms with Crippen molar-refractivity contribution in [1.82, 2.24) is 9.55 Å². The molecule has 3 aromatic rings. The van der Waals surface area contributed by atoms with Gasteiger partial charge in [-0.3, -0.25) is 9.59 Å². The van der Waals surface area contributed by atoms with Crippen LogP contribution in [0.1, 0.15) is 23.2 Å². The molecule has 1 fully saturated rings. The first-order valence-corrected chi connectivity index (χ1v) is 11.5. The number of thiophene rings is 1. The number of aromatic nitrogens is 2. The number of carbonyl (C=O) groups excluding carboxylic acids is 2. The maximum atomic E-state index is 12.5. The quantitative estimate of drug-likeness (QED) is 0.519. The minimum Gasteiger partial charge on any atom is -0.376 e. The summed E-state index contributed by atoms with van der Waals surface area (Å²) in [6.45, 7) is 1.48. The maximum absolute atomic E-state index is 12.5. The normalized spacial score (nSPS) is 15.9. The van der Waals surface area contributed by atoms with Gasteiger partial charge in [-0.25, -0.2) is 4.98 Å². The zero-order valence-electron chi connectivity index (χ0n) is 16.2. The Labute approximate surface area is 182 Å². The molecule has 0 radical (unpaired) electrons. The summed E-state index contributed by atoms with van der Waals surface area (Å²) in [6, 6.07) is 11.7. The molecule has 1 atom stereocenters. The van der Waals surface area contributed by atoms with Crippen LogP contribution in [0.2, 0.25) is 0 Å². The standard InChI is InChI=1S/C21H22N4O3S2/c22-19(27)16-8-10-29-20(16)24-18(26)13-30-21-23-11-17(14-5-2-1-3-6-14)25(21)12-15-7-4-9-28-15/h1-3,5-6,8,10-11,15H,4,7,9,12-13H2,(H2,22,27)(H,24,26)/t15-/m1/s1. The van der Waals surface area contributed by atoms with Crippen LogP contribution < -0.4 is 11.1 Å². The molecule has 1 aliphatic rings. The lowest BCUT2D eigenvalue weighted by molar-refractivity contribution is -0.113. The van der Waals surface area contributed by atoms with E-state index in [-0.39, 0.29) is 17.8 Å². The van der Waals surface area contributed by atoms with Crippen LogP contribution in [0.15, 0.2) is 53.1 Å². The van der Waals surface area contributed by atoms with E-state index in [4.69, 9.17) is 10.5 Å². The molecule has 1 aliphatic heterocycles. The van der Waals surface area contributed by atoms with Gasteiger partial charge in [0.15, 0.2) is 5.16 Å². The highest BCUT2D eigenvalue weighted by Gasteiger charge is 2.21. The van der Waals surface area contributed by atoms with Crippen LogP contribution in [0.25, 0.3) is 11.3 Å². The molecule has 2 amide bonds. The molecule has 1 aromatic carbocycles. The molecule has 0 aliphatic carbocycles. The van der Waals surface area contributed by atoms with Crippen LogP contribution >= 0.6 is 23.1 Å². The van der Waals surface area contributed by atoms with Crippen molar-refractivity contribution in [3.05, 3.63) is 53.5 Å². The summed E-state index contributed by atoms with van der Waals surface area (Å²) in [6.07, 6.45) is 4.08. The zero-order valence-corrected chi connectivity index (χ0v) is 17.9. The van der Waals surface area contributed by atoms with Gasteiger partial charge in [0.1, 0.15) is 5.00 Å². The average molecular weight is 443 g/mol. The molecule has 30 heavy (non-hydrogen) atoms. The number of nitrogens with zero attached hydrogens (tertiary/aromatic N) is 2. The van der Waals surface area contributed by atoms with E-state index in [1.165, 1.54) is 23.1 Å². The molecule has 0 saturated carbocycles. The number of anilines is 1. The third-order valence-corrected chi connectivity index (χ3v) is 6.64. The van der Waals surface area contributed by atoms with E-state index in [1.807, 2.05) is 36.5 Å². The van der Waals surface area contributed by atoms with Crippen LogP contribution in [0, 0.1) is 0 Å². The van der Waals surface area contributed by atoms with Gasteiger partial charge in [-0.1, -0.05) is 42.1 Å². The summed E-state index contributed by atoms with van der Waals surface area (Å²) < 4.78 is 7.95. The second kappa shape index (κ2) is 9.46. The van der Waals surface area contributed by atoms with Gasteiger partial charge >= 0.3 is 0 Å². The fraction of sp³-hybridized carbons (Fsp3) is 0.286. The Bertz CT molecular complexity index is 1030. The van der Waals surface area contributed by atoms with Crippen molar-refractivity contribution in [2.75, 3.05) is 17.7 Å². The lowest BCUT2D eigenvalue weighted by Gasteiger charge is -2.16. The number of nitrogens with two attached hydrogens (primary N) is 1. The molecular weight excluding hydrogens is 420 g/mol. The fourth-order valence-corrected chi connectivity index (χ4v) is 4.97. The van der Waals surface area contributed by atoms with E-state index in [0.717, 1.165) is 35.9 Å². The second-order valence-electron chi connectivity index (χ2n) is 6.90. The Morgan fingerprint density at radius 3 is 2.87 bits per heavy atom. The number of ether oxygens (including phenoxy) is 1. The van der Waals surface area contributed by atoms with Crippen LogP contribution in [-0.4, -0.2) is 39.8 Å². The van der Waals surface area contributed by atoms with Crippen LogP contribution in [0.5, 0.6) is 0 Å². The Balaban J connectivity index is 1.49. The number of imidazole rings is 1. The molecule has 3 N–H and O–H groups in total. The van der Waals surface area contributed by atoms with Crippen LogP contribution in [-0.2, 0) is 16.1 Å². The minimum atomic E-state index is -0.557. The highest BCUT2D eigenvalue weighted by atomic mass is 32.2. The Morgan fingerprint density at radius 1 is 1.30 bits per heavy atom. The first-order valence-electron chi connectivity index (χ1n) is 9.64. The van der Waals surface area contributed by atoms with Gasteiger partial charge in [0.05, 0.1) is 35.9 Å². The fourth-order valence-electron chi connectivity index (χ4n) is 3.37. The Kier molecular flexibility index (Phi) is 6.51. The van der Waals surface area contributed by atoms with E-state index in [0.29, 0.717) is 17.1 Å². The summed E-state index contributed by atoms with van der Waals surface area (Å²) in [7, 11) is 0. The van der Waals surface area contributed by atoms with Crippen molar-refractivity contribution in [2.45, 2.75) is 30.6 Å². The summed E-state index contributed by atoms with van der Waals surface area (Å²) in [5.41, 5.74) is 7.74. The van der Waals surface area contributed by atoms with Gasteiger partial charge in [-0.2, -0.15) is 0 Å². The van der Waals surface area contributed by atoms with Crippen LogP contribution in [0.3, 0.4) is 0 Å². The minimum absolute atomic E-state index is 0.152. The van der Waals surface area contributed by atoms with Crippen molar-refractivity contribution in [2.24, 2.45) is 5.73 Å². The number of rotatable bonds is 8. The SMILES string of the molecule is NC(=O)c1ccsc1NC(=O)CSc1ncc(-c2ccccc2)n1C[C@H]1CCCO1. The smallest absolute Gasteiger partial charge is 0.251 e. The first-order chi connectivity index (χ1) is 14.6. The summed E-state index contributed by atoms with van der Waals surface area (Å²) in [5, 5.41) is 5.73. The van der Waals surface area contributed by atoms with E-state index < -0.39 is 5.91 Å². The Morgan fingerprint density at radius 2 is 2.13 bits per heavy atom. The van der Waals surface area contributed by atoms with E-state index in [2.05, 4.69) is 14.9 Å². The number of hydrogen-bond donors (Lipinski definition) is 2.